The van der Waals surface area contributed by atoms with Crippen molar-refractivity contribution in [1.82, 2.24) is 4.98 Å². The number of nitrogens with zero attached hydrogens (tertiary/aromatic N) is 1. The lowest BCUT2D eigenvalue weighted by molar-refractivity contribution is 0.102. The number of carbonyl (C=O) groups excluding carboxylic acids is 1. The third-order valence-corrected chi connectivity index (χ3v) is 3.35. The van der Waals surface area contributed by atoms with Crippen LogP contribution in [0, 0.1) is 12.7 Å². The molecular formula is C13H14FN3OS. The first-order valence-corrected chi connectivity index (χ1v) is 6.69. The molecule has 1 amide bonds. The van der Waals surface area contributed by atoms with Gasteiger partial charge in [0, 0.05) is 17.5 Å². The van der Waals surface area contributed by atoms with Gasteiger partial charge >= 0.3 is 0 Å². The van der Waals surface area contributed by atoms with Crippen molar-refractivity contribution in [1.29, 1.82) is 0 Å². The number of aromatic nitrogens is 1. The molecule has 0 saturated carbocycles. The Hall–Kier alpha value is -1.79. The minimum atomic E-state index is -0.377. The smallest absolute Gasteiger partial charge is 0.275 e. The molecule has 0 radical (unpaired) electrons. The summed E-state index contributed by atoms with van der Waals surface area (Å²) < 4.78 is 13.2. The van der Waals surface area contributed by atoms with E-state index in [9.17, 15) is 9.18 Å². The second-order valence-corrected chi connectivity index (χ2v) is 5.08. The zero-order valence-electron chi connectivity index (χ0n) is 10.4. The van der Waals surface area contributed by atoms with Crippen molar-refractivity contribution in [2.24, 2.45) is 5.73 Å². The number of nitrogens with one attached hydrogen (secondary N) is 1. The minimum Gasteiger partial charge on any atom is -0.330 e. The molecule has 0 atom stereocenters. The van der Waals surface area contributed by atoms with Crippen LogP contribution in [0.25, 0.3) is 0 Å². The summed E-state index contributed by atoms with van der Waals surface area (Å²) in [4.78, 5) is 16.1. The predicted molar refractivity (Wildman–Crippen MR) is 74.0 cm³/mol. The summed E-state index contributed by atoms with van der Waals surface area (Å²) in [6.07, 6.45) is 0.650. The number of thiazole rings is 1. The van der Waals surface area contributed by atoms with Gasteiger partial charge in [0.2, 0.25) is 0 Å². The van der Waals surface area contributed by atoms with Gasteiger partial charge in [-0.25, -0.2) is 9.37 Å². The fraction of sp³-hybridized carbons (Fsp3) is 0.231. The van der Waals surface area contributed by atoms with Gasteiger partial charge in [-0.1, -0.05) is 0 Å². The lowest BCUT2D eigenvalue weighted by Crippen LogP contribution is -2.13. The number of benzene rings is 1. The van der Waals surface area contributed by atoms with Crippen LogP contribution in [0.5, 0.6) is 0 Å². The molecule has 0 unspecified atom stereocenters. The van der Waals surface area contributed by atoms with Crippen LogP contribution in [0.15, 0.2) is 23.6 Å². The molecule has 3 N–H and O–H groups in total. The van der Waals surface area contributed by atoms with Gasteiger partial charge in [0.25, 0.3) is 5.91 Å². The van der Waals surface area contributed by atoms with Crippen LogP contribution in [-0.4, -0.2) is 17.4 Å². The zero-order chi connectivity index (χ0) is 13.8. The van der Waals surface area contributed by atoms with E-state index >= 15 is 0 Å². The molecule has 2 aromatic rings. The Balaban J connectivity index is 2.11. The van der Waals surface area contributed by atoms with Gasteiger partial charge in [0.05, 0.1) is 5.01 Å². The molecule has 100 valence electrons. The predicted octanol–water partition coefficient (Wildman–Crippen LogP) is 2.34. The van der Waals surface area contributed by atoms with Crippen LogP contribution in [0.1, 0.15) is 21.1 Å². The molecule has 0 fully saturated rings. The summed E-state index contributed by atoms with van der Waals surface area (Å²) in [5, 5.41) is 5.12. The van der Waals surface area contributed by atoms with E-state index in [1.54, 1.807) is 18.4 Å². The zero-order valence-corrected chi connectivity index (χ0v) is 11.3. The SMILES string of the molecule is Cc1cc(F)cc(NC(=O)c2csc(CCN)n2)c1. The number of aryl methyl sites for hydroxylation is 1. The molecule has 4 nitrogen and oxygen atoms in total. The first-order chi connectivity index (χ1) is 9.08. The van der Waals surface area contributed by atoms with Crippen LogP contribution in [0.3, 0.4) is 0 Å². The Kier molecular flexibility index (Phi) is 4.24. The monoisotopic (exact) mass is 279 g/mol. The van der Waals surface area contributed by atoms with Gasteiger partial charge in [-0.2, -0.15) is 0 Å². The molecule has 6 heteroatoms. The molecule has 0 aliphatic carbocycles. The summed E-state index contributed by atoms with van der Waals surface area (Å²) in [7, 11) is 0. The van der Waals surface area contributed by atoms with E-state index in [1.807, 2.05) is 0 Å². The molecule has 0 spiro atoms. The lowest BCUT2D eigenvalue weighted by Gasteiger charge is -2.04. The highest BCUT2D eigenvalue weighted by atomic mass is 32.1. The maximum Gasteiger partial charge on any atom is 0.275 e. The Morgan fingerprint density at radius 3 is 2.95 bits per heavy atom. The molecule has 0 bridgehead atoms. The van der Waals surface area contributed by atoms with Gasteiger partial charge in [0.1, 0.15) is 11.5 Å². The van der Waals surface area contributed by atoms with Crippen LogP contribution >= 0.6 is 11.3 Å². The van der Waals surface area contributed by atoms with Crippen molar-refractivity contribution in [3.05, 3.63) is 45.7 Å². The number of nitrogens with two attached hydrogens (primary N) is 1. The fourth-order valence-electron chi connectivity index (χ4n) is 1.66. The highest BCUT2D eigenvalue weighted by molar-refractivity contribution is 7.09. The standard InChI is InChI=1S/C13H14FN3OS/c1-8-4-9(14)6-10(5-8)16-13(18)11-7-19-12(17-11)2-3-15/h4-7H,2-3,15H2,1H3,(H,16,18). The Labute approximate surface area is 114 Å². The summed E-state index contributed by atoms with van der Waals surface area (Å²) in [5.41, 5.74) is 6.93. The van der Waals surface area contributed by atoms with Crippen molar-refractivity contribution >= 4 is 22.9 Å². The second kappa shape index (κ2) is 5.90. The van der Waals surface area contributed by atoms with Crippen LogP contribution in [-0.2, 0) is 6.42 Å². The first-order valence-electron chi connectivity index (χ1n) is 5.81. The van der Waals surface area contributed by atoms with Gasteiger partial charge in [-0.3, -0.25) is 4.79 Å². The van der Waals surface area contributed by atoms with E-state index in [4.69, 9.17) is 5.73 Å². The number of hydrogen-bond acceptors (Lipinski definition) is 4. The van der Waals surface area contributed by atoms with Gasteiger partial charge in [0.15, 0.2) is 0 Å². The van der Waals surface area contributed by atoms with Crippen LogP contribution < -0.4 is 11.1 Å². The van der Waals surface area contributed by atoms with E-state index in [0.29, 0.717) is 24.3 Å². The average Bonchev–Trinajstić information content (AvgIpc) is 2.76. The van der Waals surface area contributed by atoms with Gasteiger partial charge in [-0.15, -0.1) is 11.3 Å². The van der Waals surface area contributed by atoms with E-state index in [1.165, 1.54) is 23.5 Å². The average molecular weight is 279 g/mol. The number of rotatable bonds is 4. The molecule has 1 aromatic heterocycles. The minimum absolute atomic E-state index is 0.329. The third-order valence-electron chi connectivity index (χ3n) is 2.44. The maximum atomic E-state index is 13.2. The van der Waals surface area contributed by atoms with Crippen LogP contribution in [0.4, 0.5) is 10.1 Å². The summed E-state index contributed by atoms with van der Waals surface area (Å²) in [5.74, 6) is -0.720. The van der Waals surface area contributed by atoms with Crippen molar-refractivity contribution in [3.63, 3.8) is 0 Å². The molecule has 1 aromatic carbocycles. The van der Waals surface area contributed by atoms with Crippen molar-refractivity contribution in [2.45, 2.75) is 13.3 Å². The maximum absolute atomic E-state index is 13.2. The molecule has 2 rings (SSSR count). The summed E-state index contributed by atoms with van der Waals surface area (Å²) in [6.45, 7) is 2.26. The van der Waals surface area contributed by atoms with Gasteiger partial charge in [-0.05, 0) is 37.2 Å². The quantitative estimate of drug-likeness (QED) is 0.902. The Morgan fingerprint density at radius 1 is 1.47 bits per heavy atom. The van der Waals surface area contributed by atoms with E-state index < -0.39 is 0 Å². The fourth-order valence-corrected chi connectivity index (χ4v) is 2.45. The van der Waals surface area contributed by atoms with Crippen molar-refractivity contribution in [2.75, 3.05) is 11.9 Å². The molecule has 19 heavy (non-hydrogen) atoms. The van der Waals surface area contributed by atoms with E-state index in [-0.39, 0.29) is 11.7 Å². The second-order valence-electron chi connectivity index (χ2n) is 4.14. The molecule has 0 aliphatic rings. The number of amides is 1. The number of hydrogen-bond donors (Lipinski definition) is 2. The van der Waals surface area contributed by atoms with Gasteiger partial charge < -0.3 is 11.1 Å². The molecule has 1 heterocycles. The summed E-state index contributed by atoms with van der Waals surface area (Å²) in [6, 6.07) is 4.38. The topological polar surface area (TPSA) is 68.0 Å². The summed E-state index contributed by atoms with van der Waals surface area (Å²) >= 11 is 1.39. The molecular weight excluding hydrogens is 265 g/mol. The number of anilines is 1. The third kappa shape index (κ3) is 3.59. The van der Waals surface area contributed by atoms with Crippen molar-refractivity contribution < 1.29 is 9.18 Å². The Bertz CT molecular complexity index is 577. The van der Waals surface area contributed by atoms with E-state index in [0.717, 1.165) is 10.6 Å². The van der Waals surface area contributed by atoms with Crippen molar-refractivity contribution in [3.8, 4) is 0 Å². The van der Waals surface area contributed by atoms with E-state index in [2.05, 4.69) is 10.3 Å². The highest BCUT2D eigenvalue weighted by Crippen LogP contribution is 2.16. The van der Waals surface area contributed by atoms with Crippen LogP contribution in [0.2, 0.25) is 0 Å². The highest BCUT2D eigenvalue weighted by Gasteiger charge is 2.11. The number of halogens is 1. The molecule has 0 saturated heterocycles. The largest absolute Gasteiger partial charge is 0.330 e. The number of carbonyl (C=O) groups is 1. The Morgan fingerprint density at radius 2 is 2.26 bits per heavy atom. The lowest BCUT2D eigenvalue weighted by atomic mass is 10.2. The molecule has 0 aliphatic heterocycles. The normalized spacial score (nSPS) is 10.5. The first kappa shape index (κ1) is 13.6.